The molecule has 0 spiro atoms. The highest BCUT2D eigenvalue weighted by molar-refractivity contribution is 9.10. The predicted molar refractivity (Wildman–Crippen MR) is 148 cm³/mol. The van der Waals surface area contributed by atoms with Crippen molar-refractivity contribution in [3.05, 3.63) is 103 Å². The molecule has 0 radical (unpaired) electrons. The van der Waals surface area contributed by atoms with Crippen molar-refractivity contribution in [2.45, 2.75) is 30.9 Å². The monoisotopic (exact) mass is 602 g/mol. The number of aryl methyl sites for hydroxylation is 1. The zero-order chi connectivity index (χ0) is 26.4. The van der Waals surface area contributed by atoms with Crippen molar-refractivity contribution in [2.24, 2.45) is 0 Å². The van der Waals surface area contributed by atoms with Crippen LogP contribution in [-0.4, -0.2) is 32.8 Å². The third-order valence-corrected chi connectivity index (χ3v) is 7.39. The molecular weight excluding hydrogens is 580 g/mol. The quantitative estimate of drug-likeness (QED) is 0.103. The van der Waals surface area contributed by atoms with E-state index in [1.165, 1.54) is 11.8 Å². The van der Waals surface area contributed by atoms with Gasteiger partial charge in [-0.25, -0.2) is 0 Å². The number of rotatable bonds is 11. The fourth-order valence-corrected chi connectivity index (χ4v) is 5.53. The molecule has 0 aliphatic carbocycles. The SMILES string of the molecule is CCOc1cc([C@@H](C[N+](=O)[O-])Sc2nnc(C)n2-c2ccccc2)cc(Br)c1OCc1ccc(Cl)cc1. The summed E-state index contributed by atoms with van der Waals surface area (Å²) >= 11 is 10.9. The fourth-order valence-electron chi connectivity index (χ4n) is 3.68. The van der Waals surface area contributed by atoms with Gasteiger partial charge in [0, 0.05) is 15.6 Å². The van der Waals surface area contributed by atoms with Crippen LogP contribution in [0.5, 0.6) is 11.5 Å². The normalized spacial score (nSPS) is 11.8. The first-order valence-electron chi connectivity index (χ1n) is 11.4. The maximum Gasteiger partial charge on any atom is 0.220 e. The molecule has 1 aromatic heterocycles. The molecule has 3 aromatic carbocycles. The zero-order valence-electron chi connectivity index (χ0n) is 20.1. The number of aromatic nitrogens is 3. The molecule has 0 saturated carbocycles. The average molecular weight is 604 g/mol. The minimum Gasteiger partial charge on any atom is -0.490 e. The number of halogens is 2. The van der Waals surface area contributed by atoms with E-state index < -0.39 is 5.25 Å². The summed E-state index contributed by atoms with van der Waals surface area (Å²) in [4.78, 5) is 11.3. The molecule has 4 aromatic rings. The summed E-state index contributed by atoms with van der Waals surface area (Å²) in [7, 11) is 0. The summed E-state index contributed by atoms with van der Waals surface area (Å²) in [6, 6.07) is 20.7. The topological polar surface area (TPSA) is 92.3 Å². The highest BCUT2D eigenvalue weighted by Crippen LogP contribution is 2.43. The van der Waals surface area contributed by atoms with Crippen molar-refractivity contribution in [1.29, 1.82) is 0 Å². The van der Waals surface area contributed by atoms with Crippen molar-refractivity contribution in [2.75, 3.05) is 13.2 Å². The fraction of sp³-hybridized carbons (Fsp3) is 0.231. The Morgan fingerprint density at radius 2 is 1.84 bits per heavy atom. The molecule has 37 heavy (non-hydrogen) atoms. The van der Waals surface area contributed by atoms with Crippen LogP contribution in [0.15, 0.2) is 76.4 Å². The van der Waals surface area contributed by atoms with Gasteiger partial charge in [0.1, 0.15) is 17.7 Å². The first-order valence-corrected chi connectivity index (χ1v) is 13.5. The minimum atomic E-state index is -0.554. The number of nitrogens with zero attached hydrogens (tertiary/aromatic N) is 4. The van der Waals surface area contributed by atoms with Gasteiger partial charge in [-0.2, -0.15) is 0 Å². The third kappa shape index (κ3) is 6.82. The van der Waals surface area contributed by atoms with E-state index in [9.17, 15) is 10.1 Å². The van der Waals surface area contributed by atoms with E-state index in [0.29, 0.717) is 50.8 Å². The van der Waals surface area contributed by atoms with Crippen LogP contribution in [0.1, 0.15) is 29.1 Å². The lowest BCUT2D eigenvalue weighted by atomic mass is 10.1. The van der Waals surface area contributed by atoms with Gasteiger partial charge in [0.25, 0.3) is 0 Å². The molecule has 192 valence electrons. The molecule has 0 saturated heterocycles. The second kappa shape index (κ2) is 12.4. The number of ether oxygens (including phenoxy) is 2. The number of para-hydroxylation sites is 1. The maximum atomic E-state index is 11.7. The summed E-state index contributed by atoms with van der Waals surface area (Å²) in [6.07, 6.45) is 0. The first kappa shape index (κ1) is 27.0. The Bertz CT molecular complexity index is 1370. The van der Waals surface area contributed by atoms with Crippen molar-refractivity contribution in [1.82, 2.24) is 14.8 Å². The van der Waals surface area contributed by atoms with Crippen LogP contribution < -0.4 is 9.47 Å². The van der Waals surface area contributed by atoms with E-state index in [-0.39, 0.29) is 11.5 Å². The Morgan fingerprint density at radius 3 is 2.51 bits per heavy atom. The molecular formula is C26H24BrClN4O4S. The Morgan fingerprint density at radius 1 is 1.11 bits per heavy atom. The van der Waals surface area contributed by atoms with Gasteiger partial charge in [-0.3, -0.25) is 14.7 Å². The van der Waals surface area contributed by atoms with E-state index >= 15 is 0 Å². The highest BCUT2D eigenvalue weighted by atomic mass is 79.9. The molecule has 0 aliphatic rings. The van der Waals surface area contributed by atoms with Gasteiger partial charge < -0.3 is 9.47 Å². The number of thioether (sulfide) groups is 1. The van der Waals surface area contributed by atoms with Crippen LogP contribution in [0.4, 0.5) is 0 Å². The number of nitro groups is 1. The number of benzene rings is 3. The van der Waals surface area contributed by atoms with E-state index in [2.05, 4.69) is 26.1 Å². The summed E-state index contributed by atoms with van der Waals surface area (Å²) in [5, 5.41) is 20.8. The average Bonchev–Trinajstić information content (AvgIpc) is 3.24. The Balaban J connectivity index is 1.66. The Kier molecular flexibility index (Phi) is 9.07. The lowest BCUT2D eigenvalue weighted by Gasteiger charge is -2.19. The molecule has 11 heteroatoms. The maximum absolute atomic E-state index is 11.7. The van der Waals surface area contributed by atoms with E-state index in [4.69, 9.17) is 21.1 Å². The minimum absolute atomic E-state index is 0.307. The van der Waals surface area contributed by atoms with E-state index in [1.807, 2.05) is 66.9 Å². The molecule has 0 N–H and O–H groups in total. The van der Waals surface area contributed by atoms with Crippen molar-refractivity contribution < 1.29 is 14.4 Å². The van der Waals surface area contributed by atoms with Crippen LogP contribution in [0.3, 0.4) is 0 Å². The summed E-state index contributed by atoms with van der Waals surface area (Å²) in [5.41, 5.74) is 2.53. The van der Waals surface area contributed by atoms with Gasteiger partial charge >= 0.3 is 0 Å². The molecule has 1 heterocycles. The van der Waals surface area contributed by atoms with Crippen LogP contribution in [0.25, 0.3) is 5.69 Å². The van der Waals surface area contributed by atoms with Crippen LogP contribution in [0, 0.1) is 17.0 Å². The van der Waals surface area contributed by atoms with Gasteiger partial charge in [0.05, 0.1) is 11.1 Å². The second-order valence-corrected chi connectivity index (χ2v) is 10.5. The largest absolute Gasteiger partial charge is 0.490 e. The molecule has 1 atom stereocenters. The van der Waals surface area contributed by atoms with Crippen molar-refractivity contribution >= 4 is 39.3 Å². The van der Waals surface area contributed by atoms with Crippen molar-refractivity contribution in [3.8, 4) is 17.2 Å². The highest BCUT2D eigenvalue weighted by Gasteiger charge is 2.26. The van der Waals surface area contributed by atoms with Crippen LogP contribution >= 0.6 is 39.3 Å². The summed E-state index contributed by atoms with van der Waals surface area (Å²) in [5.74, 6) is 1.71. The first-order chi connectivity index (χ1) is 17.9. The molecule has 0 fully saturated rings. The smallest absolute Gasteiger partial charge is 0.220 e. The molecule has 0 unspecified atom stereocenters. The lowest BCUT2D eigenvalue weighted by Crippen LogP contribution is -2.12. The Labute approximate surface area is 232 Å². The van der Waals surface area contributed by atoms with Gasteiger partial charge in [-0.1, -0.05) is 53.7 Å². The molecule has 0 amide bonds. The summed E-state index contributed by atoms with van der Waals surface area (Å²) < 4.78 is 14.5. The van der Waals surface area contributed by atoms with Crippen LogP contribution in [0.2, 0.25) is 5.02 Å². The number of hydrogen-bond acceptors (Lipinski definition) is 7. The zero-order valence-corrected chi connectivity index (χ0v) is 23.3. The van der Waals surface area contributed by atoms with Crippen LogP contribution in [-0.2, 0) is 6.61 Å². The van der Waals surface area contributed by atoms with Crippen molar-refractivity contribution in [3.63, 3.8) is 0 Å². The summed E-state index contributed by atoms with van der Waals surface area (Å²) in [6.45, 7) is 4.12. The van der Waals surface area contributed by atoms with E-state index in [1.54, 1.807) is 18.2 Å². The van der Waals surface area contributed by atoms with E-state index in [0.717, 1.165) is 11.3 Å². The molecule has 0 bridgehead atoms. The molecule has 8 nitrogen and oxygen atoms in total. The predicted octanol–water partition coefficient (Wildman–Crippen LogP) is 7.08. The number of hydrogen-bond donors (Lipinski definition) is 0. The second-order valence-electron chi connectivity index (χ2n) is 8.00. The standard InChI is InChI=1S/C26H24BrClN4O4S/c1-3-35-23-14-19(13-22(27)25(23)36-16-18-9-11-20(28)12-10-18)24(15-31(33)34)37-26-30-29-17(2)32(26)21-7-5-4-6-8-21/h4-14,24H,3,15-16H2,1-2H3/t24-/m1/s1. The Hall–Kier alpha value is -3.08. The van der Waals surface area contributed by atoms with Gasteiger partial charge in [0.2, 0.25) is 6.54 Å². The molecule has 0 aliphatic heterocycles. The van der Waals surface area contributed by atoms with Gasteiger partial charge in [0.15, 0.2) is 16.7 Å². The van der Waals surface area contributed by atoms with Gasteiger partial charge in [-0.15, -0.1) is 10.2 Å². The third-order valence-electron chi connectivity index (χ3n) is 5.37. The lowest BCUT2D eigenvalue weighted by molar-refractivity contribution is -0.479. The van der Waals surface area contributed by atoms with Gasteiger partial charge in [-0.05, 0) is 77.3 Å². The molecule has 4 rings (SSSR count).